The monoisotopic (exact) mass is 262 g/mol. The first-order valence-electron chi connectivity index (χ1n) is 2.72. The highest BCUT2D eigenvalue weighted by Gasteiger charge is 2.08. The fourth-order valence-corrected chi connectivity index (χ4v) is 1.88. The van der Waals surface area contributed by atoms with Crippen molar-refractivity contribution in [3.8, 4) is 0 Å². The van der Waals surface area contributed by atoms with E-state index in [2.05, 4.69) is 9.97 Å². The van der Waals surface area contributed by atoms with Gasteiger partial charge in [0.2, 0.25) is 0 Å². The third-order valence-corrected chi connectivity index (χ3v) is 2.93. The molecule has 0 aliphatic rings. The Labute approximate surface area is 93.6 Å². The molecule has 0 bridgehead atoms. The summed E-state index contributed by atoms with van der Waals surface area (Å²) in [6.07, 6.45) is 0. The maximum absolute atomic E-state index is 5.68. The molecule has 0 atom stereocenters. The summed E-state index contributed by atoms with van der Waals surface area (Å²) < 4.78 is 0. The SMILES string of the molecule is ClCSc1nc(Cl)c(Cl)nc1Cl. The van der Waals surface area contributed by atoms with Crippen LogP contribution in [-0.2, 0) is 0 Å². The van der Waals surface area contributed by atoms with Crippen molar-refractivity contribution in [2.75, 3.05) is 5.21 Å². The molecule has 0 saturated heterocycles. The normalized spacial score (nSPS) is 10.3. The first-order chi connectivity index (χ1) is 5.65. The van der Waals surface area contributed by atoms with Crippen LogP contribution in [-0.4, -0.2) is 15.2 Å². The van der Waals surface area contributed by atoms with Crippen molar-refractivity contribution in [1.29, 1.82) is 0 Å². The zero-order valence-corrected chi connectivity index (χ0v) is 9.36. The number of hydrogen-bond acceptors (Lipinski definition) is 3. The van der Waals surface area contributed by atoms with Crippen LogP contribution in [0, 0.1) is 0 Å². The van der Waals surface area contributed by atoms with Gasteiger partial charge in [0.25, 0.3) is 0 Å². The summed E-state index contributed by atoms with van der Waals surface area (Å²) in [4.78, 5) is 7.63. The second-order valence-corrected chi connectivity index (χ2v) is 4.28. The molecular weight excluding hydrogens is 262 g/mol. The Kier molecular flexibility index (Phi) is 4.20. The van der Waals surface area contributed by atoms with E-state index in [4.69, 9.17) is 46.4 Å². The summed E-state index contributed by atoms with van der Waals surface area (Å²) in [5, 5.41) is 1.28. The second-order valence-electron chi connectivity index (χ2n) is 1.65. The van der Waals surface area contributed by atoms with Crippen LogP contribution in [0.1, 0.15) is 0 Å². The van der Waals surface area contributed by atoms with E-state index < -0.39 is 0 Å². The molecule has 1 rings (SSSR count). The summed E-state index contributed by atoms with van der Waals surface area (Å²) in [5.74, 6) is 0. The number of halogens is 4. The topological polar surface area (TPSA) is 25.8 Å². The largest absolute Gasteiger partial charge is 0.223 e. The predicted octanol–water partition coefficient (Wildman–Crippen LogP) is 3.73. The number of alkyl halides is 1. The van der Waals surface area contributed by atoms with Gasteiger partial charge in [-0.1, -0.05) is 46.6 Å². The minimum atomic E-state index is 0.0978. The Morgan fingerprint density at radius 3 is 2.17 bits per heavy atom. The van der Waals surface area contributed by atoms with Gasteiger partial charge in [-0.25, -0.2) is 9.97 Å². The Balaban J connectivity index is 3.05. The van der Waals surface area contributed by atoms with Crippen LogP contribution in [0.2, 0.25) is 15.5 Å². The van der Waals surface area contributed by atoms with Crippen molar-refractivity contribution in [2.45, 2.75) is 5.03 Å². The van der Waals surface area contributed by atoms with Gasteiger partial charge in [0.05, 0.1) is 5.21 Å². The van der Waals surface area contributed by atoms with Crippen LogP contribution >= 0.6 is 58.2 Å². The number of rotatable bonds is 2. The first kappa shape index (κ1) is 10.7. The van der Waals surface area contributed by atoms with Gasteiger partial charge in [0.1, 0.15) is 5.03 Å². The molecule has 1 aromatic heterocycles. The molecule has 0 amide bonds. The molecule has 12 heavy (non-hydrogen) atoms. The molecular formula is C5H2Cl4N2S. The standard InChI is InChI=1S/C5H2Cl4N2S/c6-1-12-5-4(9)10-2(7)3(8)11-5/h1H2. The van der Waals surface area contributed by atoms with Crippen molar-refractivity contribution in [1.82, 2.24) is 9.97 Å². The third-order valence-electron chi connectivity index (χ3n) is 0.934. The highest BCUT2D eigenvalue weighted by molar-refractivity contribution is 8.00. The average Bonchev–Trinajstić information content (AvgIpc) is 2.01. The molecule has 7 heteroatoms. The Bertz CT molecular complexity index is 293. The fraction of sp³-hybridized carbons (Fsp3) is 0.200. The summed E-state index contributed by atoms with van der Waals surface area (Å²) in [5.41, 5.74) is 0. The molecule has 0 aliphatic heterocycles. The van der Waals surface area contributed by atoms with Gasteiger partial charge >= 0.3 is 0 Å². The van der Waals surface area contributed by atoms with E-state index in [1.165, 1.54) is 11.8 Å². The van der Waals surface area contributed by atoms with E-state index in [1.54, 1.807) is 0 Å². The average molecular weight is 264 g/mol. The predicted molar refractivity (Wildman–Crippen MR) is 53.6 cm³/mol. The lowest BCUT2D eigenvalue weighted by Crippen LogP contribution is -1.88. The smallest absolute Gasteiger partial charge is 0.168 e. The Morgan fingerprint density at radius 1 is 1.00 bits per heavy atom. The van der Waals surface area contributed by atoms with Crippen LogP contribution in [0.15, 0.2) is 5.03 Å². The molecule has 0 spiro atoms. The number of hydrogen-bond donors (Lipinski definition) is 0. The van der Waals surface area contributed by atoms with Gasteiger partial charge in [-0.15, -0.1) is 11.6 Å². The highest BCUT2D eigenvalue weighted by atomic mass is 35.5. The van der Waals surface area contributed by atoms with Crippen LogP contribution < -0.4 is 0 Å². The summed E-state index contributed by atoms with van der Waals surface area (Å²) in [6.45, 7) is 0. The van der Waals surface area contributed by atoms with Crippen LogP contribution in [0.5, 0.6) is 0 Å². The molecule has 0 aliphatic carbocycles. The van der Waals surface area contributed by atoms with Gasteiger partial charge in [0.15, 0.2) is 15.5 Å². The lowest BCUT2D eigenvalue weighted by atomic mass is 10.7. The maximum atomic E-state index is 5.68. The highest BCUT2D eigenvalue weighted by Crippen LogP contribution is 2.28. The van der Waals surface area contributed by atoms with E-state index in [1.807, 2.05) is 0 Å². The molecule has 2 nitrogen and oxygen atoms in total. The second kappa shape index (κ2) is 4.72. The van der Waals surface area contributed by atoms with Crippen molar-refractivity contribution < 1.29 is 0 Å². The molecule has 0 unspecified atom stereocenters. The van der Waals surface area contributed by atoms with Crippen molar-refractivity contribution in [3.05, 3.63) is 15.5 Å². The molecule has 0 radical (unpaired) electrons. The van der Waals surface area contributed by atoms with E-state index in [0.717, 1.165) is 0 Å². The first-order valence-corrected chi connectivity index (χ1v) is 5.38. The molecule has 0 fully saturated rings. The van der Waals surface area contributed by atoms with E-state index in [-0.39, 0.29) is 15.5 Å². The van der Waals surface area contributed by atoms with Crippen molar-refractivity contribution >= 4 is 58.2 Å². The zero-order valence-electron chi connectivity index (χ0n) is 5.52. The Morgan fingerprint density at radius 2 is 1.58 bits per heavy atom. The Hall–Kier alpha value is 0.590. The van der Waals surface area contributed by atoms with Crippen LogP contribution in [0.25, 0.3) is 0 Å². The summed E-state index contributed by atoms with van der Waals surface area (Å²) in [7, 11) is 0. The molecule has 1 aromatic rings. The van der Waals surface area contributed by atoms with Gasteiger partial charge in [-0.2, -0.15) is 0 Å². The quantitative estimate of drug-likeness (QED) is 0.601. The molecule has 0 saturated carbocycles. The lowest BCUT2D eigenvalue weighted by Gasteiger charge is -2.00. The minimum Gasteiger partial charge on any atom is -0.223 e. The maximum Gasteiger partial charge on any atom is 0.168 e. The zero-order chi connectivity index (χ0) is 9.14. The van der Waals surface area contributed by atoms with Gasteiger partial charge in [-0.3, -0.25) is 0 Å². The summed E-state index contributed by atoms with van der Waals surface area (Å²) in [6, 6.07) is 0. The molecule has 1 heterocycles. The lowest BCUT2D eigenvalue weighted by molar-refractivity contribution is 1.06. The van der Waals surface area contributed by atoms with Gasteiger partial charge in [0, 0.05) is 0 Å². The third kappa shape index (κ3) is 2.54. The van der Waals surface area contributed by atoms with E-state index >= 15 is 0 Å². The van der Waals surface area contributed by atoms with E-state index in [0.29, 0.717) is 10.2 Å². The number of aromatic nitrogens is 2. The minimum absolute atomic E-state index is 0.0978. The summed E-state index contributed by atoms with van der Waals surface area (Å²) >= 11 is 23.5. The van der Waals surface area contributed by atoms with Gasteiger partial charge in [-0.05, 0) is 0 Å². The fourth-order valence-electron chi connectivity index (χ4n) is 0.505. The van der Waals surface area contributed by atoms with Gasteiger partial charge < -0.3 is 0 Å². The van der Waals surface area contributed by atoms with Crippen LogP contribution in [0.3, 0.4) is 0 Å². The number of thioether (sulfide) groups is 1. The molecule has 0 N–H and O–H groups in total. The number of nitrogens with zero attached hydrogens (tertiary/aromatic N) is 2. The van der Waals surface area contributed by atoms with E-state index in [9.17, 15) is 0 Å². The van der Waals surface area contributed by atoms with Crippen molar-refractivity contribution in [3.63, 3.8) is 0 Å². The molecule has 0 aromatic carbocycles. The molecule has 66 valence electrons. The van der Waals surface area contributed by atoms with Crippen molar-refractivity contribution in [2.24, 2.45) is 0 Å². The van der Waals surface area contributed by atoms with Crippen LogP contribution in [0.4, 0.5) is 0 Å².